The summed E-state index contributed by atoms with van der Waals surface area (Å²) in [5, 5.41) is 2.40. The van der Waals surface area contributed by atoms with Crippen molar-refractivity contribution in [2.45, 2.75) is 6.42 Å². The van der Waals surface area contributed by atoms with Crippen molar-refractivity contribution in [1.29, 1.82) is 0 Å². The molecule has 1 N–H and O–H groups in total. The van der Waals surface area contributed by atoms with Gasteiger partial charge in [0.15, 0.2) is 0 Å². The lowest BCUT2D eigenvalue weighted by Gasteiger charge is -2.14. The van der Waals surface area contributed by atoms with E-state index in [0.717, 1.165) is 17.0 Å². The Labute approximate surface area is 113 Å². The summed E-state index contributed by atoms with van der Waals surface area (Å²) in [6, 6.07) is 3.38. The summed E-state index contributed by atoms with van der Waals surface area (Å²) >= 11 is 5.39. The van der Waals surface area contributed by atoms with Crippen LogP contribution in [0, 0.1) is 5.82 Å². The van der Waals surface area contributed by atoms with Crippen LogP contribution in [-0.4, -0.2) is 35.2 Å². The Hall–Kier alpha value is -1.95. The molecule has 7 heteroatoms. The molecule has 1 aliphatic rings. The number of fused-ring (bicyclic) bond motifs is 1. The second kappa shape index (κ2) is 5.36. The van der Waals surface area contributed by atoms with Crippen LogP contribution in [0.2, 0.25) is 0 Å². The van der Waals surface area contributed by atoms with Crippen LogP contribution in [-0.2, 0) is 4.79 Å². The number of hydrogen-bond acceptors (Lipinski definition) is 3. The number of nitrogens with zero attached hydrogens (tertiary/aromatic N) is 1. The van der Waals surface area contributed by atoms with Gasteiger partial charge in [-0.3, -0.25) is 19.3 Å². The molecule has 3 amide bonds. The second-order valence-electron chi connectivity index (χ2n) is 3.93. The third kappa shape index (κ3) is 2.58. The van der Waals surface area contributed by atoms with E-state index in [9.17, 15) is 18.8 Å². The molecule has 1 aliphatic heterocycles. The average Bonchev–Trinajstić information content (AvgIpc) is 2.60. The maximum Gasteiger partial charge on any atom is 0.263 e. The van der Waals surface area contributed by atoms with Crippen molar-refractivity contribution in [2.75, 3.05) is 12.5 Å². The molecule has 0 saturated heterocycles. The van der Waals surface area contributed by atoms with Crippen LogP contribution in [0.4, 0.5) is 4.39 Å². The Morgan fingerprint density at radius 3 is 2.63 bits per heavy atom. The molecule has 100 valence electrons. The lowest BCUT2D eigenvalue weighted by molar-refractivity contribution is -0.121. The summed E-state index contributed by atoms with van der Waals surface area (Å²) in [6.07, 6.45) is 0.0966. The molecule has 0 spiro atoms. The molecule has 0 unspecified atom stereocenters. The molecule has 19 heavy (non-hydrogen) atoms. The highest BCUT2D eigenvalue weighted by molar-refractivity contribution is 6.21. The number of nitrogens with one attached hydrogen (secondary N) is 1. The topological polar surface area (TPSA) is 66.5 Å². The van der Waals surface area contributed by atoms with E-state index in [4.69, 9.17) is 11.6 Å². The van der Waals surface area contributed by atoms with Gasteiger partial charge in [-0.1, -0.05) is 0 Å². The third-order valence-corrected chi connectivity index (χ3v) is 2.88. The van der Waals surface area contributed by atoms with Crippen molar-refractivity contribution in [2.24, 2.45) is 0 Å². The number of hydrogen-bond donors (Lipinski definition) is 1. The van der Waals surface area contributed by atoms with E-state index in [1.165, 1.54) is 6.07 Å². The molecular formula is C12H10ClFN2O3. The maximum atomic E-state index is 13.0. The van der Waals surface area contributed by atoms with Crippen LogP contribution >= 0.6 is 11.6 Å². The Balaban J connectivity index is 2.12. The van der Waals surface area contributed by atoms with Gasteiger partial charge in [0.25, 0.3) is 11.8 Å². The Kier molecular flexibility index (Phi) is 3.80. The summed E-state index contributed by atoms with van der Waals surface area (Å²) in [5.41, 5.74) is 0.148. The first-order valence-electron chi connectivity index (χ1n) is 5.53. The van der Waals surface area contributed by atoms with Gasteiger partial charge >= 0.3 is 0 Å². The molecule has 0 fully saturated rings. The van der Waals surface area contributed by atoms with Gasteiger partial charge in [0.1, 0.15) is 12.5 Å². The molecule has 1 aromatic carbocycles. The Bertz CT molecular complexity index is 562. The largest absolute Gasteiger partial charge is 0.338 e. The first-order chi connectivity index (χ1) is 9.04. The zero-order valence-electron chi connectivity index (χ0n) is 9.78. The molecule has 1 heterocycles. The van der Waals surface area contributed by atoms with Crippen LogP contribution in [0.3, 0.4) is 0 Å². The molecule has 0 radical (unpaired) electrons. The van der Waals surface area contributed by atoms with Gasteiger partial charge in [-0.05, 0) is 18.2 Å². The molecule has 0 atom stereocenters. The van der Waals surface area contributed by atoms with Gasteiger partial charge in [-0.15, -0.1) is 11.6 Å². The minimum Gasteiger partial charge on any atom is -0.338 e. The number of carbonyl (C=O) groups excluding carboxylic acids is 3. The predicted molar refractivity (Wildman–Crippen MR) is 65.2 cm³/mol. The minimum absolute atomic E-state index is 0.0107. The number of carbonyl (C=O) groups is 3. The normalized spacial score (nSPS) is 13.7. The fourth-order valence-corrected chi connectivity index (χ4v) is 1.92. The predicted octanol–water partition coefficient (Wildman–Crippen LogP) is 1.12. The van der Waals surface area contributed by atoms with Crippen molar-refractivity contribution >= 4 is 29.3 Å². The maximum absolute atomic E-state index is 13.0. The number of imide groups is 1. The van der Waals surface area contributed by atoms with Gasteiger partial charge in [0.05, 0.1) is 11.1 Å². The zero-order chi connectivity index (χ0) is 14.0. The van der Waals surface area contributed by atoms with Crippen LogP contribution in [0.5, 0.6) is 0 Å². The van der Waals surface area contributed by atoms with E-state index in [1.807, 2.05) is 0 Å². The summed E-state index contributed by atoms with van der Waals surface area (Å²) in [4.78, 5) is 35.9. The van der Waals surface area contributed by atoms with Crippen LogP contribution < -0.4 is 5.32 Å². The van der Waals surface area contributed by atoms with Crippen molar-refractivity contribution in [3.05, 3.63) is 35.1 Å². The highest BCUT2D eigenvalue weighted by Gasteiger charge is 2.35. The monoisotopic (exact) mass is 284 g/mol. The van der Waals surface area contributed by atoms with Gasteiger partial charge < -0.3 is 5.32 Å². The van der Waals surface area contributed by atoms with Gasteiger partial charge in [-0.25, -0.2) is 4.39 Å². The van der Waals surface area contributed by atoms with E-state index in [0.29, 0.717) is 0 Å². The zero-order valence-corrected chi connectivity index (χ0v) is 10.5. The Morgan fingerprint density at radius 2 is 1.95 bits per heavy atom. The van der Waals surface area contributed by atoms with E-state index < -0.39 is 17.6 Å². The smallest absolute Gasteiger partial charge is 0.263 e. The van der Waals surface area contributed by atoms with Gasteiger partial charge in [0, 0.05) is 12.3 Å². The Morgan fingerprint density at radius 1 is 1.26 bits per heavy atom. The third-order valence-electron chi connectivity index (χ3n) is 2.69. The SMILES string of the molecule is O=C(CCCl)NCN1C(=O)c2ccc(F)cc2C1=O. The van der Waals surface area contributed by atoms with Gasteiger partial charge in [-0.2, -0.15) is 0 Å². The summed E-state index contributed by atoms with van der Waals surface area (Å²) in [6.45, 7) is -0.246. The fraction of sp³-hybridized carbons (Fsp3) is 0.250. The molecule has 2 rings (SSSR count). The van der Waals surface area contributed by atoms with Crippen molar-refractivity contribution in [3.63, 3.8) is 0 Å². The molecular weight excluding hydrogens is 275 g/mol. The summed E-state index contributed by atoms with van der Waals surface area (Å²) < 4.78 is 13.0. The quantitative estimate of drug-likeness (QED) is 0.666. The second-order valence-corrected chi connectivity index (χ2v) is 4.30. The fourth-order valence-electron chi connectivity index (χ4n) is 1.75. The molecule has 0 saturated carbocycles. The van der Waals surface area contributed by atoms with Gasteiger partial charge in [0.2, 0.25) is 5.91 Å². The molecule has 0 bridgehead atoms. The number of alkyl halides is 1. The average molecular weight is 285 g/mol. The van der Waals surface area contributed by atoms with E-state index in [-0.39, 0.29) is 36.0 Å². The van der Waals surface area contributed by atoms with Crippen LogP contribution in [0.1, 0.15) is 27.1 Å². The molecule has 0 aliphatic carbocycles. The highest BCUT2D eigenvalue weighted by Crippen LogP contribution is 2.22. The summed E-state index contributed by atoms with van der Waals surface area (Å²) in [5.74, 6) is -1.97. The number of amides is 3. The van der Waals surface area contributed by atoms with Crippen LogP contribution in [0.15, 0.2) is 18.2 Å². The van der Waals surface area contributed by atoms with Crippen molar-refractivity contribution in [1.82, 2.24) is 10.2 Å². The lowest BCUT2D eigenvalue weighted by atomic mass is 10.1. The van der Waals surface area contributed by atoms with E-state index in [1.54, 1.807) is 0 Å². The number of halogens is 2. The van der Waals surface area contributed by atoms with E-state index in [2.05, 4.69) is 5.32 Å². The van der Waals surface area contributed by atoms with E-state index >= 15 is 0 Å². The molecule has 1 aromatic rings. The van der Waals surface area contributed by atoms with Crippen molar-refractivity contribution in [3.8, 4) is 0 Å². The molecule has 0 aromatic heterocycles. The minimum atomic E-state index is -0.620. The number of rotatable bonds is 4. The molecule has 5 nitrogen and oxygen atoms in total. The standard InChI is InChI=1S/C12H10ClFN2O3/c13-4-3-10(17)15-6-16-11(18)8-2-1-7(14)5-9(8)12(16)19/h1-2,5H,3-4,6H2,(H,15,17). The van der Waals surface area contributed by atoms with Crippen molar-refractivity contribution < 1.29 is 18.8 Å². The first-order valence-corrected chi connectivity index (χ1v) is 6.06. The first kappa shape index (κ1) is 13.5. The number of benzene rings is 1. The lowest BCUT2D eigenvalue weighted by Crippen LogP contribution is -2.40. The highest BCUT2D eigenvalue weighted by atomic mass is 35.5. The summed E-state index contributed by atoms with van der Waals surface area (Å²) in [7, 11) is 0. The van der Waals surface area contributed by atoms with Crippen LogP contribution in [0.25, 0.3) is 0 Å².